The molecule has 0 unspecified atom stereocenters. The fraction of sp³-hybridized carbons (Fsp3) is 0.417. The van der Waals surface area contributed by atoms with Gasteiger partial charge in [-0.25, -0.2) is 9.97 Å². The van der Waals surface area contributed by atoms with Crippen LogP contribution in [0.4, 0.5) is 0 Å². The van der Waals surface area contributed by atoms with Gasteiger partial charge in [0.05, 0.1) is 23.3 Å². The fourth-order valence-electron chi connectivity index (χ4n) is 4.56. The molecule has 1 saturated heterocycles. The number of ether oxygens (including phenoxy) is 3. The van der Waals surface area contributed by atoms with E-state index in [1.807, 2.05) is 12.1 Å². The monoisotopic (exact) mass is 479 g/mol. The van der Waals surface area contributed by atoms with Crippen LogP contribution in [-0.4, -0.2) is 75.9 Å². The number of hydrogen-bond acceptors (Lipinski definition) is 8. The number of aliphatic hydroxyl groups is 1. The number of carbonyl (C=O) groups excluding carboxylic acids is 2. The molecule has 2 aliphatic heterocycles. The first-order valence-electron chi connectivity index (χ1n) is 11.7. The van der Waals surface area contributed by atoms with Gasteiger partial charge in [0.15, 0.2) is 11.5 Å². The number of amides is 2. The molecule has 2 amide bonds. The molecule has 3 aliphatic rings. The third-order valence-corrected chi connectivity index (χ3v) is 6.63. The molecule has 0 bridgehead atoms. The minimum absolute atomic E-state index is 0.109. The van der Waals surface area contributed by atoms with E-state index in [1.165, 1.54) is 19.2 Å². The number of aliphatic hydroxyl groups excluding tert-OH is 1. The summed E-state index contributed by atoms with van der Waals surface area (Å²) in [5, 5.41) is 12.0. The second kappa shape index (κ2) is 8.73. The minimum Gasteiger partial charge on any atom is -0.492 e. The normalized spacial score (nSPS) is 18.8. The zero-order valence-electron chi connectivity index (χ0n) is 19.0. The smallest absolute Gasteiger partial charge is 0.255 e. The summed E-state index contributed by atoms with van der Waals surface area (Å²) in [6.45, 7) is 1.06. The van der Waals surface area contributed by atoms with Crippen LogP contribution in [0.15, 0.2) is 24.7 Å². The van der Waals surface area contributed by atoms with Crippen molar-refractivity contribution in [1.29, 1.82) is 0 Å². The number of aromatic amines is 1. The summed E-state index contributed by atoms with van der Waals surface area (Å²) in [4.78, 5) is 38.4. The topological polar surface area (TPSA) is 139 Å². The molecule has 3 aromatic rings. The van der Waals surface area contributed by atoms with E-state index in [2.05, 4.69) is 20.3 Å². The van der Waals surface area contributed by atoms with Gasteiger partial charge in [-0.2, -0.15) is 0 Å². The van der Waals surface area contributed by atoms with Crippen molar-refractivity contribution >= 4 is 22.8 Å². The second-order valence-electron chi connectivity index (χ2n) is 9.03. The third kappa shape index (κ3) is 4.01. The molecule has 11 heteroatoms. The van der Waals surface area contributed by atoms with E-state index in [4.69, 9.17) is 19.3 Å². The van der Waals surface area contributed by atoms with Crippen LogP contribution >= 0.6 is 0 Å². The number of hydrogen-bond donors (Lipinski definition) is 3. The predicted octanol–water partition coefficient (Wildman–Crippen LogP) is 1.47. The molecule has 1 saturated carbocycles. The van der Waals surface area contributed by atoms with E-state index in [0.29, 0.717) is 77.1 Å². The van der Waals surface area contributed by atoms with Gasteiger partial charge in [0.2, 0.25) is 12.7 Å². The van der Waals surface area contributed by atoms with E-state index in [0.717, 1.165) is 0 Å². The zero-order chi connectivity index (χ0) is 23.9. The first-order chi connectivity index (χ1) is 17.1. The zero-order valence-corrected chi connectivity index (χ0v) is 19.0. The number of aromatic nitrogens is 3. The van der Waals surface area contributed by atoms with Crippen molar-refractivity contribution in [1.82, 2.24) is 25.2 Å². The Morgan fingerprint density at radius 3 is 2.94 bits per heavy atom. The first-order valence-corrected chi connectivity index (χ1v) is 11.7. The maximum absolute atomic E-state index is 13.1. The number of nitrogens with zero attached hydrogens (tertiary/aromatic N) is 3. The number of H-pyrrole nitrogens is 1. The highest BCUT2D eigenvalue weighted by atomic mass is 16.7. The summed E-state index contributed by atoms with van der Waals surface area (Å²) < 4.78 is 17.5. The van der Waals surface area contributed by atoms with Crippen molar-refractivity contribution in [2.24, 2.45) is 5.92 Å². The molecule has 6 rings (SSSR count). The highest BCUT2D eigenvalue weighted by Crippen LogP contribution is 2.48. The maximum atomic E-state index is 13.1. The van der Waals surface area contributed by atoms with Crippen molar-refractivity contribution in [3.63, 3.8) is 0 Å². The van der Waals surface area contributed by atoms with Crippen LogP contribution in [0.3, 0.4) is 0 Å². The molecule has 4 heterocycles. The number of carbonyl (C=O) groups is 2. The van der Waals surface area contributed by atoms with Crippen molar-refractivity contribution in [3.8, 4) is 28.5 Å². The van der Waals surface area contributed by atoms with Gasteiger partial charge in [0.1, 0.15) is 29.9 Å². The fourth-order valence-corrected chi connectivity index (χ4v) is 4.56. The second-order valence-corrected chi connectivity index (χ2v) is 9.03. The first kappa shape index (κ1) is 21.7. The number of likely N-dealkylation sites (tertiary alicyclic amines) is 1. The molecule has 182 valence electrons. The van der Waals surface area contributed by atoms with E-state index in [1.54, 1.807) is 11.1 Å². The molecular weight excluding hydrogens is 454 g/mol. The molecule has 1 aliphatic carbocycles. The molecule has 2 aromatic heterocycles. The summed E-state index contributed by atoms with van der Waals surface area (Å²) in [5.74, 6) is 1.73. The van der Waals surface area contributed by atoms with Crippen molar-refractivity contribution in [3.05, 3.63) is 30.2 Å². The Hall–Kier alpha value is -3.86. The highest BCUT2D eigenvalue weighted by Gasteiger charge is 2.30. The molecule has 3 N–H and O–H groups in total. The van der Waals surface area contributed by atoms with Gasteiger partial charge in [0.25, 0.3) is 5.91 Å². The number of benzene rings is 1. The van der Waals surface area contributed by atoms with Gasteiger partial charge >= 0.3 is 0 Å². The minimum atomic E-state index is -0.535. The van der Waals surface area contributed by atoms with Crippen molar-refractivity contribution in [2.75, 3.05) is 33.1 Å². The Balaban J connectivity index is 1.31. The average Bonchev–Trinajstić information content (AvgIpc) is 3.25. The lowest BCUT2D eigenvalue weighted by Crippen LogP contribution is -2.39. The standard InChI is InChI=1S/C24H25N5O6/c30-9-18(31)29-6-5-14(8-29)28-24(32)15-7-25-22-20(15)26-11-27-21(22)19-16(33-10-13-1-2-13)3-4-17-23(19)35-12-34-17/h3-4,7,11,13-14,25,30H,1-2,5-6,8-10,12H2,(H,28,32)/t14-/m1/s1. The SMILES string of the molecule is O=C(N[C@@H]1CCN(C(=O)CO)C1)c1c[nH]c2c(-c3c(OCC4CC4)ccc4c3OCO4)ncnc12. The highest BCUT2D eigenvalue weighted by molar-refractivity contribution is 6.08. The lowest BCUT2D eigenvalue weighted by Gasteiger charge is -2.15. The Morgan fingerprint density at radius 1 is 1.23 bits per heavy atom. The number of fused-ring (bicyclic) bond motifs is 2. The van der Waals surface area contributed by atoms with Gasteiger partial charge in [-0.3, -0.25) is 9.59 Å². The van der Waals surface area contributed by atoms with Crippen LogP contribution in [0.5, 0.6) is 17.2 Å². The summed E-state index contributed by atoms with van der Waals surface area (Å²) in [7, 11) is 0. The lowest BCUT2D eigenvalue weighted by molar-refractivity contribution is -0.133. The average molecular weight is 479 g/mol. The summed E-state index contributed by atoms with van der Waals surface area (Å²) in [6.07, 6.45) is 5.98. The van der Waals surface area contributed by atoms with Gasteiger partial charge in [-0.05, 0) is 37.3 Å². The van der Waals surface area contributed by atoms with Crippen LogP contribution in [0.1, 0.15) is 29.6 Å². The Morgan fingerprint density at radius 2 is 2.11 bits per heavy atom. The van der Waals surface area contributed by atoms with E-state index in [9.17, 15) is 9.59 Å². The molecule has 1 atom stereocenters. The summed E-state index contributed by atoms with van der Waals surface area (Å²) in [5.41, 5.74) is 2.65. The van der Waals surface area contributed by atoms with Gasteiger partial charge < -0.3 is 34.5 Å². The summed E-state index contributed by atoms with van der Waals surface area (Å²) in [6, 6.07) is 3.48. The molecule has 11 nitrogen and oxygen atoms in total. The molecule has 1 aromatic carbocycles. The van der Waals surface area contributed by atoms with Crippen LogP contribution in [0, 0.1) is 5.92 Å². The molecule has 0 spiro atoms. The quantitative estimate of drug-likeness (QED) is 0.463. The largest absolute Gasteiger partial charge is 0.492 e. The van der Waals surface area contributed by atoms with E-state index >= 15 is 0 Å². The molecular formula is C24H25N5O6. The van der Waals surface area contributed by atoms with Crippen LogP contribution in [0.2, 0.25) is 0 Å². The molecule has 2 fully saturated rings. The van der Waals surface area contributed by atoms with Gasteiger partial charge in [0, 0.05) is 25.3 Å². The van der Waals surface area contributed by atoms with E-state index < -0.39 is 6.61 Å². The van der Waals surface area contributed by atoms with Crippen molar-refractivity contribution < 1.29 is 28.9 Å². The summed E-state index contributed by atoms with van der Waals surface area (Å²) >= 11 is 0. The lowest BCUT2D eigenvalue weighted by atomic mass is 10.1. The molecule has 0 radical (unpaired) electrons. The maximum Gasteiger partial charge on any atom is 0.255 e. The van der Waals surface area contributed by atoms with Gasteiger partial charge in [-0.1, -0.05) is 0 Å². The van der Waals surface area contributed by atoms with Crippen LogP contribution < -0.4 is 19.5 Å². The predicted molar refractivity (Wildman–Crippen MR) is 123 cm³/mol. The Labute approximate surface area is 200 Å². The molecule has 35 heavy (non-hydrogen) atoms. The Bertz CT molecular complexity index is 1300. The number of nitrogens with one attached hydrogen (secondary N) is 2. The van der Waals surface area contributed by atoms with Gasteiger partial charge in [-0.15, -0.1) is 0 Å². The van der Waals surface area contributed by atoms with Crippen LogP contribution in [-0.2, 0) is 4.79 Å². The van der Waals surface area contributed by atoms with Crippen LogP contribution in [0.25, 0.3) is 22.3 Å². The third-order valence-electron chi connectivity index (χ3n) is 6.63. The number of rotatable bonds is 7. The van der Waals surface area contributed by atoms with Crippen molar-refractivity contribution in [2.45, 2.75) is 25.3 Å². The Kier molecular flexibility index (Phi) is 5.40. The van der Waals surface area contributed by atoms with E-state index in [-0.39, 0.29) is 24.6 Å².